The summed E-state index contributed by atoms with van der Waals surface area (Å²) in [4.78, 5) is 0.183. The van der Waals surface area contributed by atoms with Gasteiger partial charge in [0, 0.05) is 12.6 Å². The molecule has 2 aromatic rings. The second-order valence-electron chi connectivity index (χ2n) is 5.29. The molecule has 124 valence electrons. The Kier molecular flexibility index (Phi) is 5.28. The maximum absolute atomic E-state index is 12.6. The van der Waals surface area contributed by atoms with Crippen molar-refractivity contribution in [3.63, 3.8) is 0 Å². The zero-order valence-corrected chi connectivity index (χ0v) is 14.5. The third kappa shape index (κ3) is 4.03. The monoisotopic (exact) mass is 335 g/mol. The molecule has 0 saturated heterocycles. The highest BCUT2D eigenvalue weighted by atomic mass is 32.2. The minimum Gasteiger partial charge on any atom is -0.493 e. The van der Waals surface area contributed by atoms with Gasteiger partial charge in [0.15, 0.2) is 11.5 Å². The van der Waals surface area contributed by atoms with Crippen LogP contribution in [0.3, 0.4) is 0 Å². The number of hydrogen-bond acceptors (Lipinski definition) is 4. The largest absolute Gasteiger partial charge is 0.493 e. The second kappa shape index (κ2) is 7.02. The molecular formula is C17H21NO4S. The summed E-state index contributed by atoms with van der Waals surface area (Å²) in [6.07, 6.45) is 0. The van der Waals surface area contributed by atoms with Crippen LogP contribution < -0.4 is 14.2 Å². The molecule has 5 nitrogen and oxygen atoms in total. The number of rotatable bonds is 6. The van der Waals surface area contributed by atoms with Crippen LogP contribution in [0, 0.1) is 13.8 Å². The number of ether oxygens (including phenoxy) is 2. The molecule has 0 saturated carbocycles. The number of nitrogens with one attached hydrogen (secondary N) is 1. The van der Waals surface area contributed by atoms with Crippen molar-refractivity contribution in [3.05, 3.63) is 53.1 Å². The van der Waals surface area contributed by atoms with Crippen LogP contribution in [0.1, 0.15) is 16.7 Å². The molecule has 2 rings (SSSR count). The molecule has 1 N–H and O–H groups in total. The van der Waals surface area contributed by atoms with E-state index in [-0.39, 0.29) is 11.4 Å². The zero-order chi connectivity index (χ0) is 17.0. The van der Waals surface area contributed by atoms with Crippen molar-refractivity contribution in [2.45, 2.75) is 25.3 Å². The third-order valence-electron chi connectivity index (χ3n) is 3.52. The quantitative estimate of drug-likeness (QED) is 0.882. The fourth-order valence-corrected chi connectivity index (χ4v) is 3.59. The van der Waals surface area contributed by atoms with Gasteiger partial charge in [-0.15, -0.1) is 0 Å². The first-order valence-electron chi connectivity index (χ1n) is 7.15. The van der Waals surface area contributed by atoms with Gasteiger partial charge in [-0.2, -0.15) is 0 Å². The van der Waals surface area contributed by atoms with Crippen molar-refractivity contribution in [1.82, 2.24) is 4.72 Å². The van der Waals surface area contributed by atoms with Gasteiger partial charge in [-0.3, -0.25) is 0 Å². The number of aryl methyl sites for hydroxylation is 2. The van der Waals surface area contributed by atoms with Gasteiger partial charge in [-0.1, -0.05) is 29.8 Å². The van der Waals surface area contributed by atoms with E-state index in [0.29, 0.717) is 17.1 Å². The first-order chi connectivity index (χ1) is 10.9. The lowest BCUT2D eigenvalue weighted by Crippen LogP contribution is -2.24. The van der Waals surface area contributed by atoms with Crippen molar-refractivity contribution >= 4 is 10.0 Å². The molecule has 0 fully saturated rings. The predicted octanol–water partition coefficient (Wildman–Crippen LogP) is 2.80. The Labute approximate surface area is 137 Å². The van der Waals surface area contributed by atoms with Crippen molar-refractivity contribution < 1.29 is 17.9 Å². The lowest BCUT2D eigenvalue weighted by atomic mass is 10.1. The first kappa shape index (κ1) is 17.3. The molecule has 0 aliphatic rings. The molecule has 0 amide bonds. The third-order valence-corrected chi connectivity index (χ3v) is 5.06. The Bertz CT molecular complexity index is 800. The molecule has 0 unspecified atom stereocenters. The molecule has 0 bridgehead atoms. The van der Waals surface area contributed by atoms with Gasteiger partial charge in [0.1, 0.15) is 0 Å². The van der Waals surface area contributed by atoms with Crippen molar-refractivity contribution in [3.8, 4) is 11.5 Å². The highest BCUT2D eigenvalue weighted by Gasteiger charge is 2.20. The lowest BCUT2D eigenvalue weighted by Gasteiger charge is -2.14. The van der Waals surface area contributed by atoms with E-state index in [9.17, 15) is 8.42 Å². The van der Waals surface area contributed by atoms with E-state index in [0.717, 1.165) is 11.1 Å². The highest BCUT2D eigenvalue weighted by Crippen LogP contribution is 2.32. The smallest absolute Gasteiger partial charge is 0.241 e. The molecule has 23 heavy (non-hydrogen) atoms. The average molecular weight is 335 g/mol. The van der Waals surface area contributed by atoms with Crippen LogP contribution in [0.2, 0.25) is 0 Å². The summed E-state index contributed by atoms with van der Waals surface area (Å²) in [5.41, 5.74) is 2.59. The summed E-state index contributed by atoms with van der Waals surface area (Å²) in [5.74, 6) is 0.886. The Hall–Kier alpha value is -2.05. The standard InChI is InChI=1S/C17H21NO4S/c1-12-6-5-7-14(8-12)11-18-23(19,20)17-10-16(22-4)15(21-3)9-13(17)2/h5-10,18H,11H2,1-4H3. The van der Waals surface area contributed by atoms with E-state index < -0.39 is 10.0 Å². The molecule has 0 aromatic heterocycles. The van der Waals surface area contributed by atoms with E-state index in [2.05, 4.69) is 4.72 Å². The summed E-state index contributed by atoms with van der Waals surface area (Å²) >= 11 is 0. The number of sulfonamides is 1. The van der Waals surface area contributed by atoms with Crippen molar-refractivity contribution in [1.29, 1.82) is 0 Å². The average Bonchev–Trinajstić information content (AvgIpc) is 2.52. The molecule has 0 aliphatic carbocycles. The van der Waals surface area contributed by atoms with Gasteiger partial charge in [0.25, 0.3) is 0 Å². The fraction of sp³-hybridized carbons (Fsp3) is 0.294. The first-order valence-corrected chi connectivity index (χ1v) is 8.63. The number of hydrogen-bond donors (Lipinski definition) is 1. The van der Waals surface area contributed by atoms with E-state index in [1.54, 1.807) is 13.0 Å². The van der Waals surface area contributed by atoms with Crippen LogP contribution in [-0.4, -0.2) is 22.6 Å². The molecule has 0 spiro atoms. The summed E-state index contributed by atoms with van der Waals surface area (Å²) in [6, 6.07) is 10.8. The minimum atomic E-state index is -3.65. The maximum Gasteiger partial charge on any atom is 0.241 e. The zero-order valence-electron chi connectivity index (χ0n) is 13.7. The summed E-state index contributed by atoms with van der Waals surface area (Å²) in [6.45, 7) is 3.93. The molecule has 6 heteroatoms. The SMILES string of the molecule is COc1cc(C)c(S(=O)(=O)NCc2cccc(C)c2)cc1OC. The highest BCUT2D eigenvalue weighted by molar-refractivity contribution is 7.89. The van der Waals surface area contributed by atoms with Gasteiger partial charge in [-0.25, -0.2) is 13.1 Å². The van der Waals surface area contributed by atoms with Crippen LogP contribution in [0.5, 0.6) is 11.5 Å². The number of methoxy groups -OCH3 is 2. The van der Waals surface area contributed by atoms with Crippen LogP contribution >= 0.6 is 0 Å². The van der Waals surface area contributed by atoms with Crippen molar-refractivity contribution in [2.24, 2.45) is 0 Å². The minimum absolute atomic E-state index is 0.183. The molecule has 0 atom stereocenters. The Morgan fingerprint density at radius 3 is 2.26 bits per heavy atom. The lowest BCUT2D eigenvalue weighted by molar-refractivity contribution is 0.353. The maximum atomic E-state index is 12.6. The van der Waals surface area contributed by atoms with Gasteiger partial charge < -0.3 is 9.47 Å². The van der Waals surface area contributed by atoms with Crippen LogP contribution in [-0.2, 0) is 16.6 Å². The summed E-state index contributed by atoms with van der Waals surface area (Å²) in [7, 11) is -0.654. The fourth-order valence-electron chi connectivity index (χ4n) is 2.33. The Morgan fingerprint density at radius 2 is 1.65 bits per heavy atom. The van der Waals surface area contributed by atoms with E-state index in [1.165, 1.54) is 20.3 Å². The van der Waals surface area contributed by atoms with Crippen LogP contribution in [0.4, 0.5) is 0 Å². The summed E-state index contributed by atoms with van der Waals surface area (Å²) < 4.78 is 38.1. The Balaban J connectivity index is 2.29. The molecule has 2 aromatic carbocycles. The summed E-state index contributed by atoms with van der Waals surface area (Å²) in [5, 5.41) is 0. The van der Waals surface area contributed by atoms with E-state index >= 15 is 0 Å². The van der Waals surface area contributed by atoms with Crippen LogP contribution in [0.15, 0.2) is 41.3 Å². The topological polar surface area (TPSA) is 64.6 Å². The van der Waals surface area contributed by atoms with Gasteiger partial charge >= 0.3 is 0 Å². The Morgan fingerprint density at radius 1 is 1.00 bits per heavy atom. The van der Waals surface area contributed by atoms with Gasteiger partial charge in [-0.05, 0) is 31.0 Å². The normalized spacial score (nSPS) is 11.3. The van der Waals surface area contributed by atoms with Crippen LogP contribution in [0.25, 0.3) is 0 Å². The molecule has 0 aliphatic heterocycles. The number of benzene rings is 2. The molecule has 0 heterocycles. The van der Waals surface area contributed by atoms with E-state index in [4.69, 9.17) is 9.47 Å². The molecule has 0 radical (unpaired) electrons. The molecular weight excluding hydrogens is 314 g/mol. The van der Waals surface area contributed by atoms with Crippen molar-refractivity contribution in [2.75, 3.05) is 14.2 Å². The van der Waals surface area contributed by atoms with E-state index in [1.807, 2.05) is 31.2 Å². The van der Waals surface area contributed by atoms with Gasteiger partial charge in [0.05, 0.1) is 19.1 Å². The van der Waals surface area contributed by atoms with Gasteiger partial charge in [0.2, 0.25) is 10.0 Å². The predicted molar refractivity (Wildman–Crippen MR) is 89.5 cm³/mol. The second-order valence-corrected chi connectivity index (χ2v) is 7.02.